The number of aromatic nitrogens is 1. The van der Waals surface area contributed by atoms with Crippen LogP contribution in [-0.4, -0.2) is 4.98 Å². The molecule has 0 saturated carbocycles. The Morgan fingerprint density at radius 1 is 1.04 bits per heavy atom. The van der Waals surface area contributed by atoms with E-state index in [1.807, 2.05) is 6.20 Å². The molecule has 1 heteroatoms. The fourth-order valence-electron chi connectivity index (χ4n) is 3.65. The van der Waals surface area contributed by atoms with Crippen molar-refractivity contribution in [1.82, 2.24) is 4.98 Å². The van der Waals surface area contributed by atoms with E-state index in [2.05, 4.69) is 80.6 Å². The lowest BCUT2D eigenvalue weighted by Crippen LogP contribution is -2.15. The van der Waals surface area contributed by atoms with Crippen LogP contribution in [0.3, 0.4) is 0 Å². The van der Waals surface area contributed by atoms with Crippen molar-refractivity contribution in [1.29, 1.82) is 0 Å². The molecule has 0 amide bonds. The predicted octanol–water partition coefficient (Wildman–Crippen LogP) is 5.91. The molecular weight excluding hydrogens is 290 g/mol. The van der Waals surface area contributed by atoms with Gasteiger partial charge in [0.25, 0.3) is 0 Å². The number of pyridine rings is 1. The number of rotatable bonds is 2. The van der Waals surface area contributed by atoms with Crippen LogP contribution in [0.25, 0.3) is 22.4 Å². The van der Waals surface area contributed by atoms with E-state index in [1.165, 1.54) is 33.0 Å². The Kier molecular flexibility index (Phi) is 3.78. The Bertz CT molecular complexity index is 957. The molecule has 0 bridgehead atoms. The lowest BCUT2D eigenvalue weighted by atomic mass is 9.77. The maximum atomic E-state index is 4.77. The Labute approximate surface area is 143 Å². The number of fused-ring (bicyclic) bond motifs is 2. The molecule has 1 heterocycles. The molecule has 1 aliphatic rings. The van der Waals surface area contributed by atoms with Crippen LogP contribution in [0.5, 0.6) is 0 Å². The van der Waals surface area contributed by atoms with E-state index in [0.29, 0.717) is 5.92 Å². The van der Waals surface area contributed by atoms with Gasteiger partial charge in [-0.1, -0.05) is 60.2 Å². The number of hydrogen-bond donors (Lipinski definition) is 0. The highest BCUT2D eigenvalue weighted by molar-refractivity contribution is 5.98. The van der Waals surface area contributed by atoms with E-state index in [9.17, 15) is 0 Å². The maximum Gasteiger partial charge on any atom is 0.0746 e. The van der Waals surface area contributed by atoms with Crippen molar-refractivity contribution in [2.45, 2.75) is 20.3 Å². The van der Waals surface area contributed by atoms with E-state index in [1.54, 1.807) is 0 Å². The molecule has 1 atom stereocenters. The average molecular weight is 311 g/mol. The molecule has 0 saturated heterocycles. The molecule has 2 aromatic carbocycles. The van der Waals surface area contributed by atoms with Gasteiger partial charge in [0, 0.05) is 17.5 Å². The zero-order valence-electron chi connectivity index (χ0n) is 14.2. The van der Waals surface area contributed by atoms with Crippen LogP contribution in [0, 0.1) is 5.92 Å². The first-order valence-corrected chi connectivity index (χ1v) is 8.54. The number of benzene rings is 2. The van der Waals surface area contributed by atoms with Crippen LogP contribution >= 0.6 is 0 Å². The third-order valence-electron chi connectivity index (χ3n) is 5.12. The zero-order valence-corrected chi connectivity index (χ0v) is 14.2. The normalized spacial score (nSPS) is 17.5. The number of hydrogen-bond acceptors (Lipinski definition) is 1. The van der Waals surface area contributed by atoms with Gasteiger partial charge in [-0.2, -0.15) is 0 Å². The molecule has 1 nitrogen and oxygen atoms in total. The fourth-order valence-corrected chi connectivity index (χ4v) is 3.65. The summed E-state index contributed by atoms with van der Waals surface area (Å²) >= 11 is 0. The van der Waals surface area contributed by atoms with Crippen molar-refractivity contribution in [3.8, 4) is 0 Å². The Morgan fingerprint density at radius 3 is 2.71 bits per heavy atom. The van der Waals surface area contributed by atoms with E-state index in [-0.39, 0.29) is 0 Å². The third-order valence-corrected chi connectivity index (χ3v) is 5.12. The van der Waals surface area contributed by atoms with Crippen molar-refractivity contribution in [2.75, 3.05) is 0 Å². The second-order valence-corrected chi connectivity index (χ2v) is 6.47. The summed E-state index contributed by atoms with van der Waals surface area (Å²) in [5.41, 5.74) is 6.61. The van der Waals surface area contributed by atoms with Gasteiger partial charge in [0.2, 0.25) is 0 Å². The summed E-state index contributed by atoms with van der Waals surface area (Å²) in [6, 6.07) is 19.3. The van der Waals surface area contributed by atoms with E-state index in [0.717, 1.165) is 12.1 Å². The minimum absolute atomic E-state index is 0.392. The first kappa shape index (κ1) is 14.9. The molecule has 1 unspecified atom stereocenters. The van der Waals surface area contributed by atoms with Gasteiger partial charge in [0.15, 0.2) is 0 Å². The molecule has 1 aliphatic carbocycles. The summed E-state index contributed by atoms with van der Waals surface area (Å²) in [6.07, 6.45) is 7.55. The molecule has 0 N–H and O–H groups in total. The highest BCUT2D eigenvalue weighted by atomic mass is 14.7. The molecule has 0 aliphatic heterocycles. The second kappa shape index (κ2) is 6.09. The Balaban J connectivity index is 1.97. The van der Waals surface area contributed by atoms with Crippen LogP contribution < -0.4 is 0 Å². The lowest BCUT2D eigenvalue weighted by molar-refractivity contribution is 0.761. The van der Waals surface area contributed by atoms with Crippen LogP contribution in [-0.2, 0) is 6.42 Å². The molecule has 0 radical (unpaired) electrons. The van der Waals surface area contributed by atoms with Gasteiger partial charge in [0.1, 0.15) is 0 Å². The number of allylic oxidation sites excluding steroid dienone is 3. The van der Waals surface area contributed by atoms with Crippen LogP contribution in [0.15, 0.2) is 72.4 Å². The molecule has 0 fully saturated rings. The van der Waals surface area contributed by atoms with Gasteiger partial charge in [-0.25, -0.2) is 0 Å². The first-order valence-electron chi connectivity index (χ1n) is 8.54. The predicted molar refractivity (Wildman–Crippen MR) is 103 cm³/mol. The van der Waals surface area contributed by atoms with Gasteiger partial charge < -0.3 is 0 Å². The Hall–Kier alpha value is -2.67. The monoisotopic (exact) mass is 311 g/mol. The summed E-state index contributed by atoms with van der Waals surface area (Å²) < 4.78 is 0. The fraction of sp³-hybridized carbons (Fsp3) is 0.174. The van der Waals surface area contributed by atoms with Crippen LogP contribution in [0.2, 0.25) is 0 Å². The average Bonchev–Trinajstić information content (AvgIpc) is 2.66. The Morgan fingerprint density at radius 2 is 1.83 bits per heavy atom. The molecule has 4 rings (SSSR count). The maximum absolute atomic E-state index is 4.77. The SMILES string of the molecule is CC=C(C)C1Cc2ccccc2C=C1c1nccc2ccccc12. The zero-order chi connectivity index (χ0) is 16.5. The van der Waals surface area contributed by atoms with Gasteiger partial charge in [-0.15, -0.1) is 0 Å². The first-order chi connectivity index (χ1) is 11.8. The van der Waals surface area contributed by atoms with Crippen molar-refractivity contribution >= 4 is 22.4 Å². The summed E-state index contributed by atoms with van der Waals surface area (Å²) in [6.45, 7) is 4.36. The molecule has 24 heavy (non-hydrogen) atoms. The summed E-state index contributed by atoms with van der Waals surface area (Å²) in [4.78, 5) is 4.77. The highest BCUT2D eigenvalue weighted by Gasteiger charge is 2.25. The standard InChI is InChI=1S/C23H21N/c1-3-16(2)21-14-18-9-4-5-10-19(18)15-22(21)23-20-11-7-6-8-17(20)12-13-24-23/h3-13,15,21H,14H2,1-2H3. The molecule has 3 aromatic rings. The molecule has 118 valence electrons. The van der Waals surface area contributed by atoms with Crippen LogP contribution in [0.4, 0.5) is 0 Å². The minimum atomic E-state index is 0.392. The van der Waals surface area contributed by atoms with Gasteiger partial charge in [0.05, 0.1) is 5.69 Å². The van der Waals surface area contributed by atoms with Gasteiger partial charge >= 0.3 is 0 Å². The molecule has 0 spiro atoms. The quantitative estimate of drug-likeness (QED) is 0.536. The van der Waals surface area contributed by atoms with Crippen molar-refractivity contribution < 1.29 is 0 Å². The second-order valence-electron chi connectivity index (χ2n) is 6.47. The smallest absolute Gasteiger partial charge is 0.0746 e. The van der Waals surface area contributed by atoms with Crippen molar-refractivity contribution in [3.63, 3.8) is 0 Å². The highest BCUT2D eigenvalue weighted by Crippen LogP contribution is 2.40. The van der Waals surface area contributed by atoms with Gasteiger partial charge in [-0.3, -0.25) is 4.98 Å². The van der Waals surface area contributed by atoms with E-state index >= 15 is 0 Å². The summed E-state index contributed by atoms with van der Waals surface area (Å²) in [7, 11) is 0. The van der Waals surface area contributed by atoms with E-state index in [4.69, 9.17) is 4.98 Å². The molecule has 1 aromatic heterocycles. The number of nitrogens with zero attached hydrogens (tertiary/aromatic N) is 1. The minimum Gasteiger partial charge on any atom is -0.256 e. The van der Waals surface area contributed by atoms with Crippen molar-refractivity contribution in [3.05, 3.63) is 89.3 Å². The van der Waals surface area contributed by atoms with Crippen molar-refractivity contribution in [2.24, 2.45) is 5.92 Å². The largest absolute Gasteiger partial charge is 0.256 e. The van der Waals surface area contributed by atoms with Gasteiger partial charge in [-0.05, 0) is 54.5 Å². The third kappa shape index (κ3) is 2.46. The molecular formula is C23H21N. The lowest BCUT2D eigenvalue weighted by Gasteiger charge is -2.27. The summed E-state index contributed by atoms with van der Waals surface area (Å²) in [5.74, 6) is 0.392. The summed E-state index contributed by atoms with van der Waals surface area (Å²) in [5, 5.41) is 2.48. The van der Waals surface area contributed by atoms with Crippen LogP contribution in [0.1, 0.15) is 30.7 Å². The topological polar surface area (TPSA) is 12.9 Å². The van der Waals surface area contributed by atoms with E-state index < -0.39 is 0 Å².